The van der Waals surface area contributed by atoms with Gasteiger partial charge in [0.05, 0.1) is 12.5 Å². The summed E-state index contributed by atoms with van der Waals surface area (Å²) in [6.07, 6.45) is 1.84. The van der Waals surface area contributed by atoms with Crippen LogP contribution >= 0.6 is 0 Å². The molecular formula is C12H23NO2. The molecule has 1 rings (SSSR count). The first-order valence-corrected chi connectivity index (χ1v) is 5.83. The molecule has 3 nitrogen and oxygen atoms in total. The van der Waals surface area contributed by atoms with Crippen LogP contribution in [0, 0.1) is 11.3 Å². The van der Waals surface area contributed by atoms with Gasteiger partial charge in [-0.25, -0.2) is 0 Å². The van der Waals surface area contributed by atoms with Crippen molar-refractivity contribution in [2.75, 3.05) is 13.2 Å². The molecule has 1 fully saturated rings. The van der Waals surface area contributed by atoms with Crippen molar-refractivity contribution in [3.63, 3.8) is 0 Å². The van der Waals surface area contributed by atoms with Crippen molar-refractivity contribution < 1.29 is 9.53 Å². The van der Waals surface area contributed by atoms with Crippen LogP contribution in [0.25, 0.3) is 0 Å². The fourth-order valence-electron chi connectivity index (χ4n) is 1.96. The smallest absolute Gasteiger partial charge is 0.225 e. The van der Waals surface area contributed by atoms with Gasteiger partial charge in [-0.2, -0.15) is 0 Å². The fourth-order valence-corrected chi connectivity index (χ4v) is 1.96. The second-order valence-corrected chi connectivity index (χ2v) is 5.40. The van der Waals surface area contributed by atoms with Gasteiger partial charge in [0, 0.05) is 12.6 Å². The minimum absolute atomic E-state index is 0.0707. The summed E-state index contributed by atoms with van der Waals surface area (Å²) in [5.74, 6) is 0.232. The highest BCUT2D eigenvalue weighted by atomic mass is 16.5. The van der Waals surface area contributed by atoms with Gasteiger partial charge in [-0.05, 0) is 18.3 Å². The minimum Gasteiger partial charge on any atom is -0.381 e. The summed E-state index contributed by atoms with van der Waals surface area (Å²) in [5.41, 5.74) is 0.129. The Balaban J connectivity index is 2.47. The van der Waals surface area contributed by atoms with Gasteiger partial charge in [0.1, 0.15) is 0 Å². The minimum atomic E-state index is 0.0707. The SMILES string of the molecule is CCC(NC(=O)[C@@H]1CCOC1)C(C)(C)C. The molecular weight excluding hydrogens is 190 g/mol. The highest BCUT2D eigenvalue weighted by Crippen LogP contribution is 2.22. The molecule has 0 aromatic heterocycles. The van der Waals surface area contributed by atoms with Crippen LogP contribution in [-0.4, -0.2) is 25.2 Å². The molecule has 0 saturated carbocycles. The van der Waals surface area contributed by atoms with E-state index in [2.05, 4.69) is 33.0 Å². The maximum absolute atomic E-state index is 11.9. The maximum atomic E-state index is 11.9. The largest absolute Gasteiger partial charge is 0.381 e. The summed E-state index contributed by atoms with van der Waals surface area (Å²) in [4.78, 5) is 11.9. The predicted molar refractivity (Wildman–Crippen MR) is 60.6 cm³/mol. The fraction of sp³-hybridized carbons (Fsp3) is 0.917. The molecule has 1 unspecified atom stereocenters. The van der Waals surface area contributed by atoms with Crippen molar-refractivity contribution in [2.45, 2.75) is 46.6 Å². The molecule has 0 spiro atoms. The Hall–Kier alpha value is -0.570. The van der Waals surface area contributed by atoms with Gasteiger partial charge in [0.15, 0.2) is 0 Å². The molecule has 1 saturated heterocycles. The number of ether oxygens (including phenoxy) is 1. The lowest BCUT2D eigenvalue weighted by Gasteiger charge is -2.31. The normalized spacial score (nSPS) is 23.9. The van der Waals surface area contributed by atoms with Crippen LogP contribution in [0.3, 0.4) is 0 Å². The molecule has 1 aliphatic heterocycles. The monoisotopic (exact) mass is 213 g/mol. The van der Waals surface area contributed by atoms with E-state index < -0.39 is 0 Å². The molecule has 1 heterocycles. The van der Waals surface area contributed by atoms with Crippen molar-refractivity contribution >= 4 is 5.91 Å². The quantitative estimate of drug-likeness (QED) is 0.778. The Morgan fingerprint density at radius 2 is 2.20 bits per heavy atom. The lowest BCUT2D eigenvalue weighted by atomic mass is 9.85. The highest BCUT2D eigenvalue weighted by molar-refractivity contribution is 5.79. The number of carbonyl (C=O) groups excluding carboxylic acids is 1. The average Bonchev–Trinajstić information content (AvgIpc) is 2.64. The first-order chi connectivity index (χ1) is 6.95. The third-order valence-electron chi connectivity index (χ3n) is 3.07. The van der Waals surface area contributed by atoms with E-state index >= 15 is 0 Å². The summed E-state index contributed by atoms with van der Waals surface area (Å²) in [6.45, 7) is 9.91. The van der Waals surface area contributed by atoms with E-state index in [9.17, 15) is 4.79 Å². The van der Waals surface area contributed by atoms with E-state index in [0.29, 0.717) is 6.61 Å². The van der Waals surface area contributed by atoms with Gasteiger partial charge in [-0.3, -0.25) is 4.79 Å². The highest BCUT2D eigenvalue weighted by Gasteiger charge is 2.29. The van der Waals surface area contributed by atoms with Crippen LogP contribution in [0.2, 0.25) is 0 Å². The summed E-state index contributed by atoms with van der Waals surface area (Å²) < 4.78 is 5.22. The molecule has 15 heavy (non-hydrogen) atoms. The summed E-state index contributed by atoms with van der Waals surface area (Å²) in [5, 5.41) is 3.13. The van der Waals surface area contributed by atoms with Crippen molar-refractivity contribution in [2.24, 2.45) is 11.3 Å². The lowest BCUT2D eigenvalue weighted by molar-refractivity contribution is -0.126. The molecule has 88 valence electrons. The van der Waals surface area contributed by atoms with Crippen LogP contribution in [0.5, 0.6) is 0 Å². The van der Waals surface area contributed by atoms with Gasteiger partial charge in [-0.1, -0.05) is 27.7 Å². The Morgan fingerprint density at radius 3 is 2.60 bits per heavy atom. The van der Waals surface area contributed by atoms with Gasteiger partial charge in [-0.15, -0.1) is 0 Å². The number of hydrogen-bond donors (Lipinski definition) is 1. The molecule has 0 aromatic rings. The first-order valence-electron chi connectivity index (χ1n) is 5.83. The van der Waals surface area contributed by atoms with Crippen LogP contribution in [0.1, 0.15) is 40.5 Å². The van der Waals surface area contributed by atoms with Gasteiger partial charge < -0.3 is 10.1 Å². The number of nitrogens with one attached hydrogen (secondary N) is 1. The van der Waals surface area contributed by atoms with Crippen molar-refractivity contribution in [3.8, 4) is 0 Å². The number of amides is 1. The Kier molecular flexibility index (Phi) is 4.14. The second kappa shape index (κ2) is 4.97. The molecule has 0 radical (unpaired) electrons. The second-order valence-electron chi connectivity index (χ2n) is 5.40. The molecule has 0 bridgehead atoms. The maximum Gasteiger partial charge on any atom is 0.225 e. The number of hydrogen-bond acceptors (Lipinski definition) is 2. The Labute approximate surface area is 92.6 Å². The zero-order valence-electron chi connectivity index (χ0n) is 10.3. The van der Waals surface area contributed by atoms with E-state index in [1.54, 1.807) is 0 Å². The topological polar surface area (TPSA) is 38.3 Å². The molecule has 2 atom stereocenters. The average molecular weight is 213 g/mol. The predicted octanol–water partition coefficient (Wildman–Crippen LogP) is 1.96. The number of carbonyl (C=O) groups is 1. The van der Waals surface area contributed by atoms with Crippen LogP contribution in [-0.2, 0) is 9.53 Å². The van der Waals surface area contributed by atoms with Crippen LogP contribution in [0.4, 0.5) is 0 Å². The molecule has 1 N–H and O–H groups in total. The zero-order valence-corrected chi connectivity index (χ0v) is 10.3. The van der Waals surface area contributed by atoms with Crippen molar-refractivity contribution in [3.05, 3.63) is 0 Å². The summed E-state index contributed by atoms with van der Waals surface area (Å²) >= 11 is 0. The third kappa shape index (κ3) is 3.49. The van der Waals surface area contributed by atoms with E-state index in [-0.39, 0.29) is 23.3 Å². The van der Waals surface area contributed by atoms with E-state index in [0.717, 1.165) is 19.4 Å². The van der Waals surface area contributed by atoms with Gasteiger partial charge in [0.2, 0.25) is 5.91 Å². The number of rotatable bonds is 3. The van der Waals surface area contributed by atoms with Gasteiger partial charge in [0.25, 0.3) is 0 Å². The van der Waals surface area contributed by atoms with E-state index in [1.165, 1.54) is 0 Å². The van der Waals surface area contributed by atoms with E-state index in [1.807, 2.05) is 0 Å². The summed E-state index contributed by atoms with van der Waals surface area (Å²) in [7, 11) is 0. The summed E-state index contributed by atoms with van der Waals surface area (Å²) in [6, 6.07) is 0.255. The van der Waals surface area contributed by atoms with E-state index in [4.69, 9.17) is 4.74 Å². The lowest BCUT2D eigenvalue weighted by Crippen LogP contribution is -2.45. The molecule has 3 heteroatoms. The molecule has 1 aliphatic rings. The Morgan fingerprint density at radius 1 is 1.53 bits per heavy atom. The zero-order chi connectivity index (χ0) is 11.5. The molecule has 0 aliphatic carbocycles. The van der Waals surface area contributed by atoms with Crippen molar-refractivity contribution in [1.29, 1.82) is 0 Å². The van der Waals surface area contributed by atoms with Crippen molar-refractivity contribution in [1.82, 2.24) is 5.32 Å². The molecule has 0 aromatic carbocycles. The first kappa shape index (κ1) is 12.5. The standard InChI is InChI=1S/C12H23NO2/c1-5-10(12(2,3)4)13-11(14)9-6-7-15-8-9/h9-10H,5-8H2,1-4H3,(H,13,14)/t9-,10?/m1/s1. The van der Waals surface area contributed by atoms with Crippen LogP contribution < -0.4 is 5.32 Å². The third-order valence-corrected chi connectivity index (χ3v) is 3.07. The van der Waals surface area contributed by atoms with Crippen LogP contribution in [0.15, 0.2) is 0 Å². The molecule has 1 amide bonds. The van der Waals surface area contributed by atoms with Gasteiger partial charge >= 0.3 is 0 Å². The Bertz CT molecular complexity index is 214.